The Morgan fingerprint density at radius 1 is 1.28 bits per heavy atom. The van der Waals surface area contributed by atoms with Crippen molar-refractivity contribution in [3.8, 4) is 5.69 Å². The maximum absolute atomic E-state index is 13.2. The van der Waals surface area contributed by atoms with Crippen LogP contribution in [0.1, 0.15) is 18.7 Å². The Morgan fingerprint density at radius 2 is 2.11 bits per heavy atom. The van der Waals surface area contributed by atoms with Crippen LogP contribution in [0.15, 0.2) is 18.2 Å². The van der Waals surface area contributed by atoms with Gasteiger partial charge in [0, 0.05) is 12.1 Å². The minimum absolute atomic E-state index is 0.409. The number of nitrogens with one attached hydrogen (secondary N) is 1. The standard InChI is InChI=1S/C11H11F2N5/c12-9-4-3-8(5-10(9)13)18-11(15-16-17-18)6-14-7-1-2-7/h3-5,7,14H,1-2,6H2. The van der Waals surface area contributed by atoms with Crippen molar-refractivity contribution < 1.29 is 8.78 Å². The second-order valence-electron chi connectivity index (χ2n) is 4.26. The Hall–Kier alpha value is -1.89. The third-order valence-electron chi connectivity index (χ3n) is 2.81. The van der Waals surface area contributed by atoms with Crippen molar-refractivity contribution in [2.75, 3.05) is 0 Å². The molecule has 0 saturated heterocycles. The highest BCUT2D eigenvalue weighted by Crippen LogP contribution is 2.19. The first-order chi connectivity index (χ1) is 8.74. The van der Waals surface area contributed by atoms with E-state index in [1.807, 2.05) is 0 Å². The molecule has 1 N–H and O–H groups in total. The zero-order chi connectivity index (χ0) is 12.5. The largest absolute Gasteiger partial charge is 0.307 e. The molecule has 0 radical (unpaired) electrons. The lowest BCUT2D eigenvalue weighted by molar-refractivity contribution is 0.507. The Morgan fingerprint density at radius 3 is 2.83 bits per heavy atom. The average Bonchev–Trinajstić information content (AvgIpc) is 3.08. The minimum Gasteiger partial charge on any atom is -0.307 e. The van der Waals surface area contributed by atoms with E-state index in [1.54, 1.807) is 0 Å². The fourth-order valence-corrected chi connectivity index (χ4v) is 1.66. The molecule has 2 aromatic rings. The molecular weight excluding hydrogens is 240 g/mol. The summed E-state index contributed by atoms with van der Waals surface area (Å²) in [4.78, 5) is 0. The number of hydrogen-bond acceptors (Lipinski definition) is 4. The van der Waals surface area contributed by atoms with E-state index in [0.29, 0.717) is 24.1 Å². The summed E-state index contributed by atoms with van der Waals surface area (Å²) in [5.74, 6) is -1.22. The molecule has 1 saturated carbocycles. The predicted molar refractivity (Wildman–Crippen MR) is 58.9 cm³/mol. The fraction of sp³-hybridized carbons (Fsp3) is 0.364. The number of hydrogen-bond donors (Lipinski definition) is 1. The van der Waals surface area contributed by atoms with Crippen LogP contribution in [0, 0.1) is 11.6 Å². The van der Waals surface area contributed by atoms with Gasteiger partial charge in [-0.15, -0.1) is 5.10 Å². The zero-order valence-corrected chi connectivity index (χ0v) is 9.48. The van der Waals surface area contributed by atoms with Crippen LogP contribution in [0.5, 0.6) is 0 Å². The Bertz CT molecular complexity index is 564. The summed E-state index contributed by atoms with van der Waals surface area (Å²) < 4.78 is 27.4. The maximum atomic E-state index is 13.2. The van der Waals surface area contributed by atoms with Crippen molar-refractivity contribution >= 4 is 0 Å². The zero-order valence-electron chi connectivity index (χ0n) is 9.48. The van der Waals surface area contributed by atoms with Crippen LogP contribution in [0.4, 0.5) is 8.78 Å². The third-order valence-corrected chi connectivity index (χ3v) is 2.81. The van der Waals surface area contributed by atoms with Gasteiger partial charge in [-0.05, 0) is 35.4 Å². The molecule has 18 heavy (non-hydrogen) atoms. The highest BCUT2D eigenvalue weighted by atomic mass is 19.2. The smallest absolute Gasteiger partial charge is 0.170 e. The van der Waals surface area contributed by atoms with Crippen molar-refractivity contribution in [2.45, 2.75) is 25.4 Å². The van der Waals surface area contributed by atoms with Gasteiger partial charge in [0.1, 0.15) is 0 Å². The summed E-state index contributed by atoms with van der Waals surface area (Å²) >= 11 is 0. The van der Waals surface area contributed by atoms with E-state index in [0.717, 1.165) is 25.0 Å². The van der Waals surface area contributed by atoms with Gasteiger partial charge in [0.25, 0.3) is 0 Å². The molecule has 1 fully saturated rings. The molecule has 1 aliphatic carbocycles. The molecule has 3 rings (SSSR count). The quantitative estimate of drug-likeness (QED) is 0.887. The van der Waals surface area contributed by atoms with Gasteiger partial charge in [-0.2, -0.15) is 4.68 Å². The van der Waals surface area contributed by atoms with Crippen LogP contribution in [-0.2, 0) is 6.54 Å². The molecule has 0 atom stereocenters. The van der Waals surface area contributed by atoms with E-state index >= 15 is 0 Å². The second kappa shape index (κ2) is 4.41. The number of halogens is 2. The summed E-state index contributed by atoms with van der Waals surface area (Å²) in [6, 6.07) is 4.10. The van der Waals surface area contributed by atoms with Crippen molar-refractivity contribution in [1.29, 1.82) is 0 Å². The number of nitrogens with zero attached hydrogens (tertiary/aromatic N) is 4. The Balaban J connectivity index is 1.85. The topological polar surface area (TPSA) is 55.6 Å². The first-order valence-corrected chi connectivity index (χ1v) is 5.70. The van der Waals surface area contributed by atoms with Crippen LogP contribution in [0.2, 0.25) is 0 Å². The molecule has 1 heterocycles. The van der Waals surface area contributed by atoms with Crippen LogP contribution in [0.3, 0.4) is 0 Å². The van der Waals surface area contributed by atoms with Gasteiger partial charge in [-0.1, -0.05) is 0 Å². The molecule has 7 heteroatoms. The summed E-state index contributed by atoms with van der Waals surface area (Å²) in [7, 11) is 0. The van der Waals surface area contributed by atoms with E-state index in [4.69, 9.17) is 0 Å². The first-order valence-electron chi connectivity index (χ1n) is 5.70. The van der Waals surface area contributed by atoms with Gasteiger partial charge in [0.15, 0.2) is 17.5 Å². The van der Waals surface area contributed by atoms with E-state index in [9.17, 15) is 8.78 Å². The minimum atomic E-state index is -0.913. The summed E-state index contributed by atoms with van der Waals surface area (Å²) in [5, 5.41) is 14.5. The SMILES string of the molecule is Fc1ccc(-n2nnnc2CNC2CC2)cc1F. The summed E-state index contributed by atoms with van der Waals surface area (Å²) in [5.41, 5.74) is 0.409. The van der Waals surface area contributed by atoms with Gasteiger partial charge in [0.2, 0.25) is 0 Å². The van der Waals surface area contributed by atoms with Gasteiger partial charge < -0.3 is 5.32 Å². The molecule has 0 unspecified atom stereocenters. The molecule has 0 aliphatic heterocycles. The van der Waals surface area contributed by atoms with Crippen molar-refractivity contribution in [1.82, 2.24) is 25.5 Å². The van der Waals surface area contributed by atoms with Gasteiger partial charge in [-0.25, -0.2) is 8.78 Å². The number of rotatable bonds is 4. The van der Waals surface area contributed by atoms with Crippen molar-refractivity contribution in [3.05, 3.63) is 35.7 Å². The lowest BCUT2D eigenvalue weighted by atomic mass is 10.3. The molecule has 94 valence electrons. The molecule has 0 amide bonds. The van der Waals surface area contributed by atoms with Crippen LogP contribution in [0.25, 0.3) is 5.69 Å². The summed E-state index contributed by atoms with van der Waals surface area (Å²) in [6.07, 6.45) is 2.32. The van der Waals surface area contributed by atoms with Gasteiger partial charge in [-0.3, -0.25) is 0 Å². The highest BCUT2D eigenvalue weighted by molar-refractivity contribution is 5.32. The molecule has 1 aromatic heterocycles. The number of benzene rings is 1. The van der Waals surface area contributed by atoms with E-state index in [1.165, 1.54) is 10.7 Å². The summed E-state index contributed by atoms with van der Waals surface area (Å²) in [6.45, 7) is 0.511. The maximum Gasteiger partial charge on any atom is 0.170 e. The monoisotopic (exact) mass is 251 g/mol. The molecular formula is C11H11F2N5. The van der Waals surface area contributed by atoms with E-state index in [-0.39, 0.29) is 0 Å². The van der Waals surface area contributed by atoms with Crippen LogP contribution < -0.4 is 5.32 Å². The lowest BCUT2D eigenvalue weighted by Crippen LogP contribution is -2.19. The number of aromatic nitrogens is 4. The molecule has 1 aliphatic rings. The normalized spacial score (nSPS) is 15.0. The second-order valence-corrected chi connectivity index (χ2v) is 4.26. The van der Waals surface area contributed by atoms with Crippen molar-refractivity contribution in [2.24, 2.45) is 0 Å². The third kappa shape index (κ3) is 2.21. The average molecular weight is 251 g/mol. The van der Waals surface area contributed by atoms with Gasteiger partial charge in [0.05, 0.1) is 12.2 Å². The molecule has 0 spiro atoms. The Labute approximate surface area is 102 Å². The Kier molecular flexibility index (Phi) is 2.75. The molecule has 0 bridgehead atoms. The predicted octanol–water partition coefficient (Wildman–Crippen LogP) is 1.19. The van der Waals surface area contributed by atoms with E-state index < -0.39 is 11.6 Å². The highest BCUT2D eigenvalue weighted by Gasteiger charge is 2.21. The van der Waals surface area contributed by atoms with Crippen LogP contribution >= 0.6 is 0 Å². The first kappa shape index (κ1) is 11.2. The van der Waals surface area contributed by atoms with Crippen LogP contribution in [-0.4, -0.2) is 26.2 Å². The lowest BCUT2D eigenvalue weighted by Gasteiger charge is -2.05. The van der Waals surface area contributed by atoms with E-state index in [2.05, 4.69) is 20.8 Å². The molecule has 1 aromatic carbocycles. The van der Waals surface area contributed by atoms with Crippen molar-refractivity contribution in [3.63, 3.8) is 0 Å². The fourth-order valence-electron chi connectivity index (χ4n) is 1.66. The van der Waals surface area contributed by atoms with Gasteiger partial charge >= 0.3 is 0 Å². The number of tetrazole rings is 1. The molecule has 5 nitrogen and oxygen atoms in total.